The molecule has 31 heavy (non-hydrogen) atoms. The second kappa shape index (κ2) is 9.98. The summed E-state index contributed by atoms with van der Waals surface area (Å²) in [5, 5.41) is 4.09. The summed E-state index contributed by atoms with van der Waals surface area (Å²) in [4.78, 5) is 36.0. The molecule has 0 saturated carbocycles. The molecule has 0 bridgehead atoms. The molecule has 1 aromatic carbocycles. The number of hydrogen-bond acceptors (Lipinski definition) is 7. The highest BCUT2D eigenvalue weighted by atomic mass is 35.5. The van der Waals surface area contributed by atoms with Crippen LogP contribution in [0.3, 0.4) is 0 Å². The topological polar surface area (TPSA) is 84.4 Å². The zero-order chi connectivity index (χ0) is 21.1. The largest absolute Gasteiger partial charge is 0.465 e. The number of carbonyl (C=O) groups is 2. The second-order valence-corrected chi connectivity index (χ2v) is 8.20. The summed E-state index contributed by atoms with van der Waals surface area (Å²) < 4.78 is 4.82. The number of benzene rings is 1. The quantitative estimate of drug-likeness (QED) is 0.589. The van der Waals surface area contributed by atoms with Crippen LogP contribution in [0.5, 0.6) is 0 Å². The van der Waals surface area contributed by atoms with Gasteiger partial charge in [-0.2, -0.15) is 11.8 Å². The maximum absolute atomic E-state index is 13.3. The van der Waals surface area contributed by atoms with Gasteiger partial charge >= 0.3 is 5.97 Å². The van der Waals surface area contributed by atoms with Crippen LogP contribution in [0, 0.1) is 6.92 Å². The van der Waals surface area contributed by atoms with Crippen molar-refractivity contribution < 1.29 is 14.3 Å². The standard InChI is InChI=1S/C22H22N4O3S.ClH/c1-14-6-7-17-19(25-16-5-3-4-15(12-16)22(28)29-2)18(13-23-20(17)24-14)21(27)26-8-10-30-11-9-26;/h3-7,12-13H,8-11H2,1-2H3,(H,23,24,25);1H. The molecule has 0 aliphatic carbocycles. The number of aryl methyl sites for hydroxylation is 1. The third kappa shape index (κ3) is 4.91. The third-order valence-electron chi connectivity index (χ3n) is 4.95. The van der Waals surface area contributed by atoms with Gasteiger partial charge in [0.2, 0.25) is 0 Å². The minimum atomic E-state index is -0.419. The predicted octanol–water partition coefficient (Wildman–Crippen LogP) is 4.08. The fourth-order valence-corrected chi connectivity index (χ4v) is 4.29. The summed E-state index contributed by atoms with van der Waals surface area (Å²) in [6.45, 7) is 3.33. The molecular formula is C22H23ClN4O3S. The normalized spacial score (nSPS) is 13.4. The molecule has 0 spiro atoms. The Balaban J connectivity index is 0.00000272. The minimum Gasteiger partial charge on any atom is -0.465 e. The predicted molar refractivity (Wildman–Crippen MR) is 126 cm³/mol. The molecule has 1 N–H and O–H groups in total. The summed E-state index contributed by atoms with van der Waals surface area (Å²) in [6, 6.07) is 10.8. The summed E-state index contributed by atoms with van der Waals surface area (Å²) in [7, 11) is 1.35. The van der Waals surface area contributed by atoms with E-state index in [1.54, 1.807) is 24.4 Å². The Morgan fingerprint density at radius 1 is 1.16 bits per heavy atom. The van der Waals surface area contributed by atoms with Gasteiger partial charge in [0.1, 0.15) is 0 Å². The van der Waals surface area contributed by atoms with Gasteiger partial charge < -0.3 is 15.0 Å². The Kier molecular flexibility index (Phi) is 7.35. The van der Waals surface area contributed by atoms with Gasteiger partial charge in [-0.05, 0) is 37.3 Å². The van der Waals surface area contributed by atoms with Gasteiger partial charge in [-0.15, -0.1) is 12.4 Å². The van der Waals surface area contributed by atoms with Crippen LogP contribution in [-0.2, 0) is 4.74 Å². The highest BCUT2D eigenvalue weighted by Crippen LogP contribution is 2.30. The molecule has 1 saturated heterocycles. The number of methoxy groups -OCH3 is 1. The Bertz CT molecular complexity index is 1120. The zero-order valence-electron chi connectivity index (χ0n) is 17.3. The van der Waals surface area contributed by atoms with Crippen LogP contribution < -0.4 is 5.32 Å². The lowest BCUT2D eigenvalue weighted by atomic mass is 10.1. The van der Waals surface area contributed by atoms with E-state index in [9.17, 15) is 9.59 Å². The Hall–Kier alpha value is -2.84. The number of aromatic nitrogens is 2. The van der Waals surface area contributed by atoms with E-state index in [2.05, 4.69) is 15.3 Å². The second-order valence-electron chi connectivity index (χ2n) is 6.97. The summed E-state index contributed by atoms with van der Waals surface area (Å²) in [5.74, 6) is 1.38. The fraction of sp³-hybridized carbons (Fsp3) is 0.273. The first kappa shape index (κ1) is 22.8. The van der Waals surface area contributed by atoms with Gasteiger partial charge in [-0.3, -0.25) is 4.79 Å². The van der Waals surface area contributed by atoms with E-state index in [0.29, 0.717) is 41.2 Å². The average molecular weight is 459 g/mol. The molecular weight excluding hydrogens is 436 g/mol. The van der Waals surface area contributed by atoms with E-state index in [4.69, 9.17) is 4.74 Å². The van der Waals surface area contributed by atoms with Gasteiger partial charge in [0.05, 0.1) is 23.9 Å². The molecule has 7 nitrogen and oxygen atoms in total. The molecule has 162 valence electrons. The molecule has 9 heteroatoms. The number of hydrogen-bond donors (Lipinski definition) is 1. The number of esters is 1. The van der Waals surface area contributed by atoms with Crippen molar-refractivity contribution in [2.45, 2.75) is 6.92 Å². The lowest BCUT2D eigenvalue weighted by molar-refractivity contribution is 0.0600. The summed E-state index contributed by atoms with van der Waals surface area (Å²) >= 11 is 1.85. The first-order chi connectivity index (χ1) is 14.6. The lowest BCUT2D eigenvalue weighted by Gasteiger charge is -2.27. The first-order valence-electron chi connectivity index (χ1n) is 9.65. The smallest absolute Gasteiger partial charge is 0.337 e. The number of ether oxygens (including phenoxy) is 1. The van der Waals surface area contributed by atoms with Gasteiger partial charge in [-0.1, -0.05) is 6.07 Å². The maximum atomic E-state index is 13.3. The Morgan fingerprint density at radius 3 is 2.68 bits per heavy atom. The molecule has 1 aliphatic rings. The van der Waals surface area contributed by atoms with Crippen molar-refractivity contribution in [3.8, 4) is 0 Å². The highest BCUT2D eigenvalue weighted by molar-refractivity contribution is 7.99. The van der Waals surface area contributed by atoms with Crippen LogP contribution in [0.4, 0.5) is 11.4 Å². The lowest BCUT2D eigenvalue weighted by Crippen LogP contribution is -2.38. The van der Waals surface area contributed by atoms with E-state index in [-0.39, 0.29) is 18.3 Å². The molecule has 3 aromatic rings. The van der Waals surface area contributed by atoms with E-state index in [0.717, 1.165) is 22.6 Å². The molecule has 0 radical (unpaired) electrons. The van der Waals surface area contributed by atoms with Crippen molar-refractivity contribution in [1.82, 2.24) is 14.9 Å². The Morgan fingerprint density at radius 2 is 1.94 bits per heavy atom. The maximum Gasteiger partial charge on any atom is 0.337 e. The fourth-order valence-electron chi connectivity index (χ4n) is 3.39. The summed E-state index contributed by atoms with van der Waals surface area (Å²) in [6.07, 6.45) is 1.59. The number of amides is 1. The zero-order valence-corrected chi connectivity index (χ0v) is 18.9. The van der Waals surface area contributed by atoms with Crippen LogP contribution >= 0.6 is 24.2 Å². The first-order valence-corrected chi connectivity index (χ1v) is 10.8. The molecule has 4 rings (SSSR count). The van der Waals surface area contributed by atoms with Crippen LogP contribution in [0.1, 0.15) is 26.4 Å². The number of carbonyl (C=O) groups excluding carboxylic acids is 2. The molecule has 1 aliphatic heterocycles. The van der Waals surface area contributed by atoms with Crippen LogP contribution in [0.2, 0.25) is 0 Å². The van der Waals surface area contributed by atoms with Crippen molar-refractivity contribution >= 4 is 58.5 Å². The monoisotopic (exact) mass is 458 g/mol. The SMILES string of the molecule is COC(=O)c1cccc(Nc2c(C(=O)N3CCSCC3)cnc3nc(C)ccc23)c1.Cl. The van der Waals surface area contributed by atoms with Crippen molar-refractivity contribution in [2.75, 3.05) is 37.0 Å². The number of pyridine rings is 2. The minimum absolute atomic E-state index is 0. The van der Waals surface area contributed by atoms with E-state index < -0.39 is 5.97 Å². The van der Waals surface area contributed by atoms with Crippen molar-refractivity contribution in [3.63, 3.8) is 0 Å². The molecule has 0 unspecified atom stereocenters. The number of rotatable bonds is 4. The molecule has 3 heterocycles. The van der Waals surface area contributed by atoms with E-state index in [1.165, 1.54) is 7.11 Å². The average Bonchev–Trinajstić information content (AvgIpc) is 2.79. The Labute approximate surface area is 191 Å². The van der Waals surface area contributed by atoms with Crippen LogP contribution in [-0.4, -0.2) is 58.4 Å². The van der Waals surface area contributed by atoms with Crippen LogP contribution in [0.25, 0.3) is 11.0 Å². The molecule has 2 aromatic heterocycles. The molecule has 0 atom stereocenters. The van der Waals surface area contributed by atoms with E-state index in [1.807, 2.05) is 41.8 Å². The van der Waals surface area contributed by atoms with Crippen LogP contribution in [0.15, 0.2) is 42.6 Å². The van der Waals surface area contributed by atoms with Crippen molar-refractivity contribution in [2.24, 2.45) is 0 Å². The number of anilines is 2. The van der Waals surface area contributed by atoms with Gasteiger partial charge in [-0.25, -0.2) is 14.8 Å². The molecule has 1 fully saturated rings. The van der Waals surface area contributed by atoms with Gasteiger partial charge in [0.25, 0.3) is 5.91 Å². The van der Waals surface area contributed by atoms with Gasteiger partial charge in [0, 0.05) is 47.6 Å². The number of halogens is 1. The van der Waals surface area contributed by atoms with Gasteiger partial charge in [0.15, 0.2) is 5.65 Å². The summed E-state index contributed by atoms with van der Waals surface area (Å²) in [5.41, 5.74) is 3.64. The third-order valence-corrected chi connectivity index (χ3v) is 5.89. The molecule has 1 amide bonds. The number of fused-ring (bicyclic) bond motifs is 1. The van der Waals surface area contributed by atoms with E-state index >= 15 is 0 Å². The number of nitrogens with one attached hydrogen (secondary N) is 1. The van der Waals surface area contributed by atoms with Crippen molar-refractivity contribution in [1.29, 1.82) is 0 Å². The number of nitrogens with zero attached hydrogens (tertiary/aromatic N) is 3. The highest BCUT2D eigenvalue weighted by Gasteiger charge is 2.23. The van der Waals surface area contributed by atoms with Crippen molar-refractivity contribution in [3.05, 3.63) is 59.4 Å². The number of thioether (sulfide) groups is 1.